The number of ether oxygens (including phenoxy) is 1. The van der Waals surface area contributed by atoms with Crippen molar-refractivity contribution in [3.63, 3.8) is 0 Å². The molecule has 5 nitrogen and oxygen atoms in total. The molecule has 0 aliphatic heterocycles. The van der Waals surface area contributed by atoms with Gasteiger partial charge in [0.05, 0.1) is 11.0 Å². The van der Waals surface area contributed by atoms with Gasteiger partial charge < -0.3 is 10.1 Å². The van der Waals surface area contributed by atoms with Crippen LogP contribution in [0.1, 0.15) is 0 Å². The van der Waals surface area contributed by atoms with Gasteiger partial charge in [-0.1, -0.05) is 54.6 Å². The highest BCUT2D eigenvalue weighted by atomic mass is 16.5. The second kappa shape index (κ2) is 8.78. The summed E-state index contributed by atoms with van der Waals surface area (Å²) in [5.74, 6) is 0.426. The third-order valence-corrected chi connectivity index (χ3v) is 5.21. The minimum atomic E-state index is -0.206. The van der Waals surface area contributed by atoms with Crippen LogP contribution in [0.15, 0.2) is 109 Å². The van der Waals surface area contributed by atoms with E-state index in [9.17, 15) is 4.79 Å². The van der Waals surface area contributed by atoms with Crippen molar-refractivity contribution < 1.29 is 9.53 Å². The van der Waals surface area contributed by atoms with E-state index in [1.807, 2.05) is 95.6 Å². The van der Waals surface area contributed by atoms with Crippen molar-refractivity contribution in [2.24, 2.45) is 0 Å². The topological polar surface area (TPSA) is 56.2 Å². The van der Waals surface area contributed by atoms with Gasteiger partial charge in [-0.2, -0.15) is 0 Å². The Bertz CT molecular complexity index is 1340. The molecule has 4 aromatic carbocycles. The van der Waals surface area contributed by atoms with Crippen molar-refractivity contribution in [2.75, 3.05) is 11.9 Å². The van der Waals surface area contributed by atoms with Gasteiger partial charge in [0.1, 0.15) is 12.1 Å². The van der Waals surface area contributed by atoms with E-state index < -0.39 is 0 Å². The van der Waals surface area contributed by atoms with E-state index in [2.05, 4.69) is 22.4 Å². The number of benzene rings is 4. The van der Waals surface area contributed by atoms with Crippen molar-refractivity contribution in [2.45, 2.75) is 0 Å². The zero-order valence-electron chi connectivity index (χ0n) is 17.3. The smallest absolute Gasteiger partial charge is 0.262 e. The first kappa shape index (κ1) is 19.6. The molecule has 0 unspecified atom stereocenters. The van der Waals surface area contributed by atoms with Crippen LogP contribution in [0.2, 0.25) is 0 Å². The minimum Gasteiger partial charge on any atom is -0.484 e. The molecule has 32 heavy (non-hydrogen) atoms. The Morgan fingerprint density at radius 3 is 2.25 bits per heavy atom. The lowest BCUT2D eigenvalue weighted by molar-refractivity contribution is -0.118. The van der Waals surface area contributed by atoms with Gasteiger partial charge in [-0.05, 0) is 59.7 Å². The van der Waals surface area contributed by atoms with Crippen LogP contribution in [0.3, 0.4) is 0 Å². The Morgan fingerprint density at radius 2 is 1.47 bits per heavy atom. The summed E-state index contributed by atoms with van der Waals surface area (Å²) in [6.45, 7) is -0.0617. The molecule has 0 aliphatic rings. The average molecular weight is 419 g/mol. The predicted octanol–water partition coefficient (Wildman–Crippen LogP) is 5.71. The number of carbonyl (C=O) groups excluding carboxylic acids is 1. The number of carbonyl (C=O) groups is 1. The predicted molar refractivity (Wildman–Crippen MR) is 127 cm³/mol. The fourth-order valence-corrected chi connectivity index (χ4v) is 3.59. The van der Waals surface area contributed by atoms with E-state index >= 15 is 0 Å². The number of imidazole rings is 1. The highest BCUT2D eigenvalue weighted by molar-refractivity contribution is 5.92. The van der Waals surface area contributed by atoms with Gasteiger partial charge >= 0.3 is 0 Å². The van der Waals surface area contributed by atoms with Crippen molar-refractivity contribution in [3.8, 4) is 22.6 Å². The number of para-hydroxylation sites is 2. The minimum absolute atomic E-state index is 0.0617. The summed E-state index contributed by atoms with van der Waals surface area (Å²) in [5, 5.41) is 2.87. The number of amides is 1. The van der Waals surface area contributed by atoms with Crippen LogP contribution in [-0.4, -0.2) is 22.1 Å². The molecule has 5 heteroatoms. The molecule has 0 aliphatic carbocycles. The van der Waals surface area contributed by atoms with Gasteiger partial charge in [-0.3, -0.25) is 9.36 Å². The summed E-state index contributed by atoms with van der Waals surface area (Å²) >= 11 is 0. The first-order chi connectivity index (χ1) is 15.8. The van der Waals surface area contributed by atoms with Crippen LogP contribution >= 0.6 is 0 Å². The number of nitrogens with zero attached hydrogens (tertiary/aromatic N) is 2. The van der Waals surface area contributed by atoms with E-state index in [1.54, 1.807) is 6.33 Å². The van der Waals surface area contributed by atoms with Crippen LogP contribution < -0.4 is 10.1 Å². The monoisotopic (exact) mass is 419 g/mol. The summed E-state index contributed by atoms with van der Waals surface area (Å²) in [4.78, 5) is 16.7. The molecule has 1 aromatic heterocycles. The highest BCUT2D eigenvalue weighted by Crippen LogP contribution is 2.22. The Hall–Kier alpha value is -4.38. The molecule has 0 atom stereocenters. The molecule has 0 fully saturated rings. The van der Waals surface area contributed by atoms with Crippen LogP contribution in [0.4, 0.5) is 5.69 Å². The van der Waals surface area contributed by atoms with Gasteiger partial charge in [-0.15, -0.1) is 0 Å². The second-order valence-corrected chi connectivity index (χ2v) is 7.38. The number of anilines is 1. The van der Waals surface area contributed by atoms with E-state index in [1.165, 1.54) is 0 Å². The van der Waals surface area contributed by atoms with Gasteiger partial charge in [-0.25, -0.2) is 4.98 Å². The number of hydrogen-bond donors (Lipinski definition) is 1. The molecule has 156 valence electrons. The number of nitrogens with one attached hydrogen (secondary N) is 1. The maximum atomic E-state index is 12.3. The maximum absolute atomic E-state index is 12.3. The average Bonchev–Trinajstić information content (AvgIpc) is 3.28. The van der Waals surface area contributed by atoms with E-state index in [0.29, 0.717) is 5.75 Å². The quantitative estimate of drug-likeness (QED) is 0.384. The summed E-state index contributed by atoms with van der Waals surface area (Å²) in [7, 11) is 0. The summed E-state index contributed by atoms with van der Waals surface area (Å²) in [5.41, 5.74) is 5.95. The lowest BCUT2D eigenvalue weighted by Crippen LogP contribution is -2.20. The molecule has 1 amide bonds. The zero-order valence-corrected chi connectivity index (χ0v) is 17.3. The van der Waals surface area contributed by atoms with Gasteiger partial charge in [0.15, 0.2) is 6.61 Å². The Balaban J connectivity index is 1.18. The first-order valence-corrected chi connectivity index (χ1v) is 10.4. The van der Waals surface area contributed by atoms with E-state index in [-0.39, 0.29) is 12.5 Å². The van der Waals surface area contributed by atoms with Crippen molar-refractivity contribution >= 4 is 22.6 Å². The lowest BCUT2D eigenvalue weighted by atomic mass is 10.1. The molecule has 0 radical (unpaired) electrons. The third kappa shape index (κ3) is 4.23. The molecule has 0 bridgehead atoms. The van der Waals surface area contributed by atoms with E-state index in [0.717, 1.165) is 33.5 Å². The third-order valence-electron chi connectivity index (χ3n) is 5.21. The fraction of sp³-hybridized carbons (Fsp3) is 0.0370. The number of hydrogen-bond acceptors (Lipinski definition) is 3. The second-order valence-electron chi connectivity index (χ2n) is 7.38. The van der Waals surface area contributed by atoms with Crippen LogP contribution in [0, 0.1) is 0 Å². The van der Waals surface area contributed by atoms with E-state index in [4.69, 9.17) is 4.74 Å². The SMILES string of the molecule is O=C(COc1ccc(-n2cnc3ccccc32)cc1)Nc1ccc(-c2ccccc2)cc1. The number of fused-ring (bicyclic) bond motifs is 1. The summed E-state index contributed by atoms with van der Waals surface area (Å²) in [6.07, 6.45) is 1.80. The van der Waals surface area contributed by atoms with Crippen molar-refractivity contribution in [1.82, 2.24) is 9.55 Å². The van der Waals surface area contributed by atoms with Crippen molar-refractivity contribution in [1.29, 1.82) is 0 Å². The zero-order chi connectivity index (χ0) is 21.8. The normalized spacial score (nSPS) is 10.8. The highest BCUT2D eigenvalue weighted by Gasteiger charge is 2.07. The lowest BCUT2D eigenvalue weighted by Gasteiger charge is -2.10. The van der Waals surface area contributed by atoms with Crippen LogP contribution in [0.25, 0.3) is 27.8 Å². The molecule has 0 saturated heterocycles. The van der Waals surface area contributed by atoms with Crippen LogP contribution in [-0.2, 0) is 4.79 Å². The number of aromatic nitrogens is 2. The first-order valence-electron chi connectivity index (χ1n) is 10.4. The fourth-order valence-electron chi connectivity index (χ4n) is 3.59. The summed E-state index contributed by atoms with van der Waals surface area (Å²) < 4.78 is 7.67. The summed E-state index contributed by atoms with van der Waals surface area (Å²) in [6, 6.07) is 33.5. The molecule has 5 aromatic rings. The molecule has 5 rings (SSSR count). The van der Waals surface area contributed by atoms with Crippen LogP contribution in [0.5, 0.6) is 5.75 Å². The van der Waals surface area contributed by atoms with Gasteiger partial charge in [0.2, 0.25) is 0 Å². The standard InChI is InChI=1S/C27H21N3O2/c31-27(29-22-12-10-21(11-13-22)20-6-2-1-3-7-20)18-32-24-16-14-23(15-17-24)30-19-28-25-8-4-5-9-26(25)30/h1-17,19H,18H2,(H,29,31). The molecule has 1 N–H and O–H groups in total. The molecular weight excluding hydrogens is 398 g/mol. The molecule has 0 saturated carbocycles. The van der Waals surface area contributed by atoms with Crippen molar-refractivity contribution in [3.05, 3.63) is 109 Å². The molecular formula is C27H21N3O2. The Morgan fingerprint density at radius 1 is 0.781 bits per heavy atom. The largest absolute Gasteiger partial charge is 0.484 e. The van der Waals surface area contributed by atoms with Gasteiger partial charge in [0, 0.05) is 11.4 Å². The Kier molecular flexibility index (Phi) is 5.37. The number of rotatable bonds is 6. The van der Waals surface area contributed by atoms with Gasteiger partial charge in [0.25, 0.3) is 5.91 Å². The molecule has 0 spiro atoms. The Labute approximate surface area is 185 Å². The molecule has 1 heterocycles. The maximum Gasteiger partial charge on any atom is 0.262 e.